The molecule has 1 aliphatic heterocycles. The van der Waals surface area contributed by atoms with Gasteiger partial charge in [0.1, 0.15) is 6.04 Å². The molecule has 0 aromatic heterocycles. The monoisotopic (exact) mass is 307 g/mol. The molecule has 0 saturated carbocycles. The van der Waals surface area contributed by atoms with E-state index in [1.54, 1.807) is 16.7 Å². The predicted molar refractivity (Wildman–Crippen MR) is 83.3 cm³/mol. The van der Waals surface area contributed by atoms with Gasteiger partial charge >= 0.3 is 5.97 Å². The van der Waals surface area contributed by atoms with Gasteiger partial charge in [0.25, 0.3) is 0 Å². The fraction of sp³-hybridized carbons (Fsp3) is 0.500. The number of thioether (sulfide) groups is 1. The number of carbonyl (C=O) groups excluding carboxylic acids is 1. The highest BCUT2D eigenvalue weighted by atomic mass is 32.2. The summed E-state index contributed by atoms with van der Waals surface area (Å²) < 4.78 is 0. The molecule has 1 aromatic carbocycles. The van der Waals surface area contributed by atoms with E-state index in [-0.39, 0.29) is 11.8 Å². The number of aliphatic carboxylic acids is 1. The van der Waals surface area contributed by atoms with Gasteiger partial charge in [-0.25, -0.2) is 4.79 Å². The van der Waals surface area contributed by atoms with Gasteiger partial charge in [-0.1, -0.05) is 25.1 Å². The van der Waals surface area contributed by atoms with E-state index in [4.69, 9.17) is 0 Å². The van der Waals surface area contributed by atoms with Gasteiger partial charge in [-0.05, 0) is 30.9 Å². The van der Waals surface area contributed by atoms with Crippen LogP contribution in [0.25, 0.3) is 0 Å². The maximum absolute atomic E-state index is 12.3. The summed E-state index contributed by atoms with van der Waals surface area (Å²) in [7, 11) is 0. The lowest BCUT2D eigenvalue weighted by Gasteiger charge is -2.37. The Morgan fingerprint density at radius 2 is 2.05 bits per heavy atom. The van der Waals surface area contributed by atoms with E-state index in [2.05, 4.69) is 0 Å². The first-order valence-electron chi connectivity index (χ1n) is 7.29. The van der Waals surface area contributed by atoms with Crippen LogP contribution in [0, 0.1) is 5.92 Å². The number of carboxylic acids is 1. The number of benzene rings is 1. The number of piperidine rings is 1. The summed E-state index contributed by atoms with van der Waals surface area (Å²) in [4.78, 5) is 26.4. The molecule has 1 amide bonds. The molecule has 1 aromatic rings. The molecular weight excluding hydrogens is 286 g/mol. The Morgan fingerprint density at radius 1 is 1.33 bits per heavy atom. The number of carboxylic acid groups (broad SMARTS) is 1. The quantitative estimate of drug-likeness (QED) is 0.850. The summed E-state index contributed by atoms with van der Waals surface area (Å²) in [5, 5.41) is 9.33. The Balaban J connectivity index is 1.88. The largest absolute Gasteiger partial charge is 0.480 e. The van der Waals surface area contributed by atoms with Crippen molar-refractivity contribution in [2.24, 2.45) is 5.92 Å². The highest BCUT2D eigenvalue weighted by Gasteiger charge is 2.36. The zero-order valence-corrected chi connectivity index (χ0v) is 13.0. The molecule has 114 valence electrons. The van der Waals surface area contributed by atoms with E-state index in [1.807, 2.05) is 37.3 Å². The molecule has 0 spiro atoms. The van der Waals surface area contributed by atoms with Crippen LogP contribution in [0.5, 0.6) is 0 Å². The van der Waals surface area contributed by atoms with Gasteiger partial charge in [0, 0.05) is 23.6 Å². The van der Waals surface area contributed by atoms with Crippen LogP contribution >= 0.6 is 11.8 Å². The molecule has 2 atom stereocenters. The topological polar surface area (TPSA) is 57.6 Å². The van der Waals surface area contributed by atoms with E-state index in [0.717, 1.165) is 17.7 Å². The molecule has 0 bridgehead atoms. The SMILES string of the molecule is CC1CCCN(C(=O)CCSc2ccccc2)C1C(=O)O. The fourth-order valence-electron chi connectivity index (χ4n) is 2.76. The molecular formula is C16H21NO3S. The van der Waals surface area contributed by atoms with Gasteiger partial charge in [-0.3, -0.25) is 4.79 Å². The van der Waals surface area contributed by atoms with Gasteiger partial charge in [0.05, 0.1) is 0 Å². The first kappa shape index (κ1) is 15.9. The summed E-state index contributed by atoms with van der Waals surface area (Å²) >= 11 is 1.63. The Hall–Kier alpha value is -1.49. The zero-order chi connectivity index (χ0) is 15.2. The van der Waals surface area contributed by atoms with Gasteiger partial charge in [-0.2, -0.15) is 0 Å². The average molecular weight is 307 g/mol. The van der Waals surface area contributed by atoms with Gasteiger partial charge in [0.15, 0.2) is 0 Å². The fourth-order valence-corrected chi connectivity index (χ4v) is 3.62. The summed E-state index contributed by atoms with van der Waals surface area (Å²) in [6, 6.07) is 9.26. The lowest BCUT2D eigenvalue weighted by Crippen LogP contribution is -2.52. The van der Waals surface area contributed by atoms with E-state index in [9.17, 15) is 14.7 Å². The Labute approximate surface area is 129 Å². The van der Waals surface area contributed by atoms with Crippen LogP contribution in [0.4, 0.5) is 0 Å². The second-order valence-electron chi connectivity index (χ2n) is 5.40. The Kier molecular flexibility index (Phi) is 5.67. The third kappa shape index (κ3) is 4.24. The van der Waals surface area contributed by atoms with E-state index >= 15 is 0 Å². The summed E-state index contributed by atoms with van der Waals surface area (Å²) in [5.41, 5.74) is 0. The minimum absolute atomic E-state index is 0.0296. The molecule has 5 heteroatoms. The van der Waals surface area contributed by atoms with Crippen molar-refractivity contribution in [1.82, 2.24) is 4.90 Å². The molecule has 2 rings (SSSR count). The third-order valence-electron chi connectivity index (χ3n) is 3.83. The number of nitrogens with zero attached hydrogens (tertiary/aromatic N) is 1. The first-order chi connectivity index (χ1) is 10.1. The van der Waals surface area contributed by atoms with Crippen LogP contribution in [0.15, 0.2) is 35.2 Å². The lowest BCUT2D eigenvalue weighted by atomic mass is 9.90. The highest BCUT2D eigenvalue weighted by Crippen LogP contribution is 2.25. The zero-order valence-electron chi connectivity index (χ0n) is 12.2. The normalized spacial score (nSPS) is 22.0. The van der Waals surface area contributed by atoms with Crippen molar-refractivity contribution in [3.63, 3.8) is 0 Å². The second-order valence-corrected chi connectivity index (χ2v) is 6.57. The lowest BCUT2D eigenvalue weighted by molar-refractivity contribution is -0.154. The number of amides is 1. The molecule has 1 N–H and O–H groups in total. The molecule has 1 saturated heterocycles. The van der Waals surface area contributed by atoms with E-state index in [1.165, 1.54) is 0 Å². The van der Waals surface area contributed by atoms with Crippen molar-refractivity contribution >= 4 is 23.6 Å². The van der Waals surface area contributed by atoms with Gasteiger partial charge in [0.2, 0.25) is 5.91 Å². The molecule has 0 aliphatic carbocycles. The summed E-state index contributed by atoms with van der Waals surface area (Å²) in [6.07, 6.45) is 2.15. The van der Waals surface area contributed by atoms with Crippen LogP contribution < -0.4 is 0 Å². The van der Waals surface area contributed by atoms with Gasteiger partial charge < -0.3 is 10.0 Å². The number of hydrogen-bond donors (Lipinski definition) is 1. The van der Waals surface area contributed by atoms with Crippen LogP contribution in [0.1, 0.15) is 26.2 Å². The van der Waals surface area contributed by atoms with Crippen LogP contribution in [-0.4, -0.2) is 40.2 Å². The van der Waals surface area contributed by atoms with Gasteiger partial charge in [-0.15, -0.1) is 11.8 Å². The van der Waals surface area contributed by atoms with Crippen molar-refractivity contribution < 1.29 is 14.7 Å². The van der Waals surface area contributed by atoms with Crippen molar-refractivity contribution in [2.75, 3.05) is 12.3 Å². The number of likely N-dealkylation sites (tertiary alicyclic amines) is 1. The van der Waals surface area contributed by atoms with Crippen LogP contribution in [-0.2, 0) is 9.59 Å². The standard InChI is InChI=1S/C16H21NO3S/c1-12-6-5-10-17(15(12)16(19)20)14(18)9-11-21-13-7-3-2-4-8-13/h2-4,7-8,12,15H,5-6,9-11H2,1H3,(H,19,20). The third-order valence-corrected chi connectivity index (χ3v) is 4.85. The van der Waals surface area contributed by atoms with E-state index in [0.29, 0.717) is 18.7 Å². The van der Waals surface area contributed by atoms with Crippen molar-refractivity contribution in [3.05, 3.63) is 30.3 Å². The molecule has 1 fully saturated rings. The molecule has 0 radical (unpaired) electrons. The maximum Gasteiger partial charge on any atom is 0.326 e. The van der Waals surface area contributed by atoms with E-state index < -0.39 is 12.0 Å². The van der Waals surface area contributed by atoms with Crippen molar-refractivity contribution in [1.29, 1.82) is 0 Å². The maximum atomic E-state index is 12.3. The second kappa shape index (κ2) is 7.50. The average Bonchev–Trinajstić information content (AvgIpc) is 2.47. The molecule has 4 nitrogen and oxygen atoms in total. The molecule has 2 unspecified atom stereocenters. The van der Waals surface area contributed by atoms with Crippen LogP contribution in [0.3, 0.4) is 0 Å². The summed E-state index contributed by atoms with van der Waals surface area (Å²) in [5.74, 6) is -0.217. The van der Waals surface area contributed by atoms with Crippen molar-refractivity contribution in [2.45, 2.75) is 37.1 Å². The number of rotatable bonds is 5. The first-order valence-corrected chi connectivity index (χ1v) is 8.28. The number of carbonyl (C=O) groups is 2. The molecule has 1 aliphatic rings. The molecule has 21 heavy (non-hydrogen) atoms. The Morgan fingerprint density at radius 3 is 2.71 bits per heavy atom. The van der Waals surface area contributed by atoms with Crippen LogP contribution in [0.2, 0.25) is 0 Å². The highest BCUT2D eigenvalue weighted by molar-refractivity contribution is 7.99. The Bertz CT molecular complexity index is 492. The van der Waals surface area contributed by atoms with Crippen molar-refractivity contribution in [3.8, 4) is 0 Å². The minimum atomic E-state index is -0.883. The summed E-state index contributed by atoms with van der Waals surface area (Å²) in [6.45, 7) is 2.48. The molecule has 1 heterocycles. The number of hydrogen-bond acceptors (Lipinski definition) is 3. The smallest absolute Gasteiger partial charge is 0.326 e. The predicted octanol–water partition coefficient (Wildman–Crippen LogP) is 2.88. The minimum Gasteiger partial charge on any atom is -0.480 e.